The Morgan fingerprint density at radius 3 is 2.79 bits per heavy atom. The molecular formula is C14H13N5. The van der Waals surface area contributed by atoms with Gasteiger partial charge in [-0.15, -0.1) is 0 Å². The third-order valence-electron chi connectivity index (χ3n) is 3.01. The van der Waals surface area contributed by atoms with E-state index in [1.807, 2.05) is 37.3 Å². The number of nitrogens with one attached hydrogen (secondary N) is 1. The number of nitrogens with two attached hydrogens (primary N) is 1. The molecule has 94 valence electrons. The van der Waals surface area contributed by atoms with Crippen LogP contribution in [0.1, 0.15) is 5.56 Å². The largest absolute Gasteiger partial charge is 0.383 e. The van der Waals surface area contributed by atoms with E-state index < -0.39 is 0 Å². The van der Waals surface area contributed by atoms with Crippen molar-refractivity contribution in [2.45, 2.75) is 6.92 Å². The van der Waals surface area contributed by atoms with Crippen LogP contribution in [-0.4, -0.2) is 15.0 Å². The van der Waals surface area contributed by atoms with E-state index in [4.69, 9.17) is 5.73 Å². The van der Waals surface area contributed by atoms with Crippen LogP contribution in [0.5, 0.6) is 0 Å². The van der Waals surface area contributed by atoms with E-state index in [0.717, 1.165) is 22.2 Å². The summed E-state index contributed by atoms with van der Waals surface area (Å²) in [5, 5.41) is 4.34. The van der Waals surface area contributed by atoms with Gasteiger partial charge in [0.1, 0.15) is 18.0 Å². The highest BCUT2D eigenvalue weighted by Gasteiger charge is 2.07. The number of para-hydroxylation sites is 1. The summed E-state index contributed by atoms with van der Waals surface area (Å²) in [5.41, 5.74) is 8.42. The second-order valence-electron chi connectivity index (χ2n) is 4.24. The maximum absolute atomic E-state index is 5.78. The van der Waals surface area contributed by atoms with Gasteiger partial charge in [-0.1, -0.05) is 18.2 Å². The Morgan fingerprint density at radius 1 is 1.05 bits per heavy atom. The van der Waals surface area contributed by atoms with E-state index >= 15 is 0 Å². The van der Waals surface area contributed by atoms with E-state index in [0.29, 0.717) is 11.6 Å². The number of hydrogen-bond acceptors (Lipinski definition) is 5. The van der Waals surface area contributed by atoms with Crippen LogP contribution in [0.3, 0.4) is 0 Å². The molecule has 3 rings (SSSR count). The Kier molecular flexibility index (Phi) is 2.72. The summed E-state index contributed by atoms with van der Waals surface area (Å²) < 4.78 is 0. The van der Waals surface area contributed by atoms with Crippen molar-refractivity contribution < 1.29 is 0 Å². The maximum atomic E-state index is 5.78. The first kappa shape index (κ1) is 11.4. The normalized spacial score (nSPS) is 10.6. The van der Waals surface area contributed by atoms with Gasteiger partial charge in [-0.3, -0.25) is 4.98 Å². The zero-order chi connectivity index (χ0) is 13.2. The molecule has 0 spiro atoms. The number of anilines is 3. The molecule has 0 fully saturated rings. The molecule has 0 saturated heterocycles. The Morgan fingerprint density at radius 2 is 1.89 bits per heavy atom. The molecule has 2 heterocycles. The fourth-order valence-corrected chi connectivity index (χ4v) is 1.92. The molecule has 2 aromatic heterocycles. The van der Waals surface area contributed by atoms with E-state index in [-0.39, 0.29) is 0 Å². The molecule has 1 aromatic carbocycles. The van der Waals surface area contributed by atoms with E-state index in [9.17, 15) is 0 Å². The third kappa shape index (κ3) is 2.06. The van der Waals surface area contributed by atoms with Crippen molar-refractivity contribution in [3.05, 3.63) is 48.4 Å². The Hall–Kier alpha value is -2.69. The molecule has 3 N–H and O–H groups in total. The second kappa shape index (κ2) is 4.53. The van der Waals surface area contributed by atoms with Crippen LogP contribution < -0.4 is 11.1 Å². The van der Waals surface area contributed by atoms with Crippen molar-refractivity contribution in [3.63, 3.8) is 0 Å². The number of pyridine rings is 1. The zero-order valence-electron chi connectivity index (χ0n) is 10.5. The van der Waals surface area contributed by atoms with Crippen molar-refractivity contribution in [2.24, 2.45) is 0 Å². The lowest BCUT2D eigenvalue weighted by molar-refractivity contribution is 1.14. The lowest BCUT2D eigenvalue weighted by Gasteiger charge is -2.10. The number of rotatable bonds is 2. The molecule has 3 aromatic rings. The van der Waals surface area contributed by atoms with Crippen LogP contribution in [0.15, 0.2) is 42.9 Å². The highest BCUT2D eigenvalue weighted by atomic mass is 15.0. The summed E-state index contributed by atoms with van der Waals surface area (Å²) in [6, 6.07) is 9.91. The molecule has 0 aliphatic heterocycles. The Bertz CT molecular complexity index is 733. The average molecular weight is 251 g/mol. The fraction of sp³-hybridized carbons (Fsp3) is 0.0714. The van der Waals surface area contributed by atoms with E-state index in [1.54, 1.807) is 6.20 Å². The first-order chi connectivity index (χ1) is 9.25. The summed E-state index contributed by atoms with van der Waals surface area (Å²) in [6.45, 7) is 1.89. The number of benzene rings is 1. The van der Waals surface area contributed by atoms with Crippen molar-refractivity contribution in [1.82, 2.24) is 15.0 Å². The SMILES string of the molecule is Cc1c(N)ncnc1Nc1cccc2cccnc12. The predicted octanol–water partition coefficient (Wildman–Crippen LogP) is 2.66. The summed E-state index contributed by atoms with van der Waals surface area (Å²) >= 11 is 0. The number of fused-ring (bicyclic) bond motifs is 1. The molecule has 0 aliphatic carbocycles. The van der Waals surface area contributed by atoms with Crippen LogP contribution in [0, 0.1) is 6.92 Å². The number of nitrogens with zero attached hydrogens (tertiary/aromatic N) is 3. The Labute approximate surface area is 110 Å². The third-order valence-corrected chi connectivity index (χ3v) is 3.01. The van der Waals surface area contributed by atoms with Gasteiger partial charge in [0.05, 0.1) is 11.2 Å². The Balaban J connectivity index is 2.09. The minimum Gasteiger partial charge on any atom is -0.383 e. The molecule has 0 saturated carbocycles. The maximum Gasteiger partial charge on any atom is 0.138 e. The lowest BCUT2D eigenvalue weighted by Crippen LogP contribution is -2.02. The number of nitrogen functional groups attached to an aromatic ring is 1. The molecule has 19 heavy (non-hydrogen) atoms. The van der Waals surface area contributed by atoms with Crippen molar-refractivity contribution in [2.75, 3.05) is 11.1 Å². The molecule has 0 amide bonds. The lowest BCUT2D eigenvalue weighted by atomic mass is 10.2. The molecule has 0 radical (unpaired) electrons. The van der Waals surface area contributed by atoms with Crippen molar-refractivity contribution in [1.29, 1.82) is 0 Å². The number of aromatic nitrogens is 3. The summed E-state index contributed by atoms with van der Waals surface area (Å²) in [4.78, 5) is 12.6. The smallest absolute Gasteiger partial charge is 0.138 e. The average Bonchev–Trinajstić information content (AvgIpc) is 2.44. The minimum atomic E-state index is 0.477. The van der Waals surface area contributed by atoms with Crippen molar-refractivity contribution >= 4 is 28.2 Å². The fourth-order valence-electron chi connectivity index (χ4n) is 1.92. The quantitative estimate of drug-likeness (QED) is 0.732. The molecule has 0 aliphatic rings. The van der Waals surface area contributed by atoms with Gasteiger partial charge >= 0.3 is 0 Å². The van der Waals surface area contributed by atoms with Gasteiger partial charge in [-0.05, 0) is 19.1 Å². The molecule has 5 heteroatoms. The highest BCUT2D eigenvalue weighted by Crippen LogP contribution is 2.25. The molecule has 0 unspecified atom stereocenters. The van der Waals surface area contributed by atoms with Crippen molar-refractivity contribution in [3.8, 4) is 0 Å². The first-order valence-corrected chi connectivity index (χ1v) is 5.93. The van der Waals surface area contributed by atoms with E-state index in [1.165, 1.54) is 6.33 Å². The molecular weight excluding hydrogens is 238 g/mol. The second-order valence-corrected chi connectivity index (χ2v) is 4.24. The summed E-state index contributed by atoms with van der Waals surface area (Å²) in [7, 11) is 0. The topological polar surface area (TPSA) is 76.7 Å². The summed E-state index contributed by atoms with van der Waals surface area (Å²) in [5.74, 6) is 1.18. The first-order valence-electron chi connectivity index (χ1n) is 5.93. The predicted molar refractivity (Wildman–Crippen MR) is 76.2 cm³/mol. The van der Waals surface area contributed by atoms with Crippen LogP contribution >= 0.6 is 0 Å². The van der Waals surface area contributed by atoms with E-state index in [2.05, 4.69) is 20.3 Å². The highest BCUT2D eigenvalue weighted by molar-refractivity contribution is 5.91. The van der Waals surface area contributed by atoms with Crippen LogP contribution in [0.4, 0.5) is 17.3 Å². The standard InChI is InChI=1S/C14H13N5/c1-9-13(15)17-8-18-14(9)19-11-6-2-4-10-5-3-7-16-12(10)11/h2-8H,1H3,(H3,15,17,18,19). The molecule has 0 atom stereocenters. The zero-order valence-corrected chi connectivity index (χ0v) is 10.5. The monoisotopic (exact) mass is 251 g/mol. The minimum absolute atomic E-state index is 0.477. The van der Waals surface area contributed by atoms with Gasteiger partial charge in [-0.25, -0.2) is 9.97 Å². The molecule has 0 bridgehead atoms. The van der Waals surface area contributed by atoms with Gasteiger partial charge in [0.25, 0.3) is 0 Å². The molecule has 5 nitrogen and oxygen atoms in total. The van der Waals surface area contributed by atoms with Crippen LogP contribution in [0.25, 0.3) is 10.9 Å². The number of hydrogen-bond donors (Lipinski definition) is 2. The van der Waals surface area contributed by atoms with Gasteiger partial charge in [0, 0.05) is 17.1 Å². The van der Waals surface area contributed by atoms with Gasteiger partial charge in [-0.2, -0.15) is 0 Å². The van der Waals surface area contributed by atoms with Gasteiger partial charge in [0.15, 0.2) is 0 Å². The summed E-state index contributed by atoms with van der Waals surface area (Å²) in [6.07, 6.45) is 3.22. The van der Waals surface area contributed by atoms with Gasteiger partial charge < -0.3 is 11.1 Å². The van der Waals surface area contributed by atoms with Gasteiger partial charge in [0.2, 0.25) is 0 Å². The van der Waals surface area contributed by atoms with Crippen LogP contribution in [0.2, 0.25) is 0 Å². The van der Waals surface area contributed by atoms with Crippen LogP contribution in [-0.2, 0) is 0 Å².